The van der Waals surface area contributed by atoms with Gasteiger partial charge in [0.15, 0.2) is 6.61 Å². The van der Waals surface area contributed by atoms with Crippen molar-refractivity contribution in [1.29, 1.82) is 0 Å². The van der Waals surface area contributed by atoms with E-state index in [9.17, 15) is 19.7 Å². The van der Waals surface area contributed by atoms with Gasteiger partial charge in [-0.3, -0.25) is 14.9 Å². The molecule has 0 saturated carbocycles. The number of hydrogen-bond acceptors (Lipinski definition) is 5. The third-order valence-corrected chi connectivity index (χ3v) is 4.16. The van der Waals surface area contributed by atoms with Gasteiger partial charge in [-0.2, -0.15) is 0 Å². The second-order valence-electron chi connectivity index (χ2n) is 6.24. The standard InChI is InChI=1S/C16H19ClN2O5/c1-10-5-11(2)8-18(7-10)15(20)9-24-16(21)13-4-3-12(17)6-14(13)19(22)23/h3-4,6,10-11H,5,7-9H2,1-2H3/t10-,11-/m0/s1. The highest BCUT2D eigenvalue weighted by Crippen LogP contribution is 2.24. The van der Waals surface area contributed by atoms with Crippen LogP contribution in [0.5, 0.6) is 0 Å². The Balaban J connectivity index is 2.00. The Morgan fingerprint density at radius 3 is 2.54 bits per heavy atom. The van der Waals surface area contributed by atoms with Gasteiger partial charge in [-0.15, -0.1) is 0 Å². The second-order valence-corrected chi connectivity index (χ2v) is 6.68. The molecule has 0 bridgehead atoms. The fourth-order valence-corrected chi connectivity index (χ4v) is 3.16. The smallest absolute Gasteiger partial charge is 0.345 e. The van der Waals surface area contributed by atoms with Gasteiger partial charge in [0, 0.05) is 24.2 Å². The molecule has 24 heavy (non-hydrogen) atoms. The topological polar surface area (TPSA) is 89.8 Å². The molecular formula is C16H19ClN2O5. The molecule has 1 saturated heterocycles. The minimum Gasteiger partial charge on any atom is -0.452 e. The average Bonchev–Trinajstić information content (AvgIpc) is 2.51. The molecule has 2 rings (SSSR count). The van der Waals surface area contributed by atoms with Crippen LogP contribution in [-0.2, 0) is 9.53 Å². The van der Waals surface area contributed by atoms with Crippen molar-refractivity contribution in [2.45, 2.75) is 20.3 Å². The molecule has 1 aliphatic heterocycles. The van der Waals surface area contributed by atoms with Crippen LogP contribution >= 0.6 is 11.6 Å². The lowest BCUT2D eigenvalue weighted by atomic mass is 9.92. The van der Waals surface area contributed by atoms with Gasteiger partial charge < -0.3 is 9.64 Å². The summed E-state index contributed by atoms with van der Waals surface area (Å²) in [6, 6.07) is 3.66. The average molecular weight is 355 g/mol. The van der Waals surface area contributed by atoms with E-state index in [2.05, 4.69) is 13.8 Å². The van der Waals surface area contributed by atoms with Gasteiger partial charge in [-0.05, 0) is 30.4 Å². The zero-order chi connectivity index (χ0) is 17.9. The molecule has 0 aromatic heterocycles. The Labute approximate surface area is 144 Å². The molecule has 2 atom stereocenters. The predicted molar refractivity (Wildman–Crippen MR) is 87.9 cm³/mol. The zero-order valence-corrected chi connectivity index (χ0v) is 14.3. The predicted octanol–water partition coefficient (Wildman–Crippen LogP) is 2.91. The SMILES string of the molecule is C[C@H]1C[C@H](C)CN(C(=O)COC(=O)c2ccc(Cl)cc2[N+](=O)[O-])C1. The van der Waals surface area contributed by atoms with Gasteiger partial charge in [0.2, 0.25) is 0 Å². The molecule has 1 fully saturated rings. The van der Waals surface area contributed by atoms with Crippen molar-refractivity contribution in [2.24, 2.45) is 11.8 Å². The lowest BCUT2D eigenvalue weighted by molar-refractivity contribution is -0.385. The Kier molecular flexibility index (Phi) is 5.77. The quantitative estimate of drug-likeness (QED) is 0.471. The van der Waals surface area contributed by atoms with Crippen molar-refractivity contribution in [2.75, 3.05) is 19.7 Å². The second kappa shape index (κ2) is 7.61. The molecule has 0 aliphatic carbocycles. The highest BCUT2D eigenvalue weighted by molar-refractivity contribution is 6.31. The third-order valence-electron chi connectivity index (χ3n) is 3.92. The molecule has 130 valence electrons. The van der Waals surface area contributed by atoms with Crippen LogP contribution in [0.1, 0.15) is 30.6 Å². The summed E-state index contributed by atoms with van der Waals surface area (Å²) < 4.78 is 4.97. The molecule has 0 spiro atoms. The van der Waals surface area contributed by atoms with Gasteiger partial charge in [0.1, 0.15) is 5.56 Å². The molecule has 7 nitrogen and oxygen atoms in total. The number of hydrogen-bond donors (Lipinski definition) is 0. The first-order valence-corrected chi connectivity index (χ1v) is 8.04. The number of nitro benzene ring substituents is 1. The van der Waals surface area contributed by atoms with E-state index in [0.29, 0.717) is 24.9 Å². The molecule has 8 heteroatoms. The number of halogens is 1. The summed E-state index contributed by atoms with van der Waals surface area (Å²) in [6.45, 7) is 4.96. The van der Waals surface area contributed by atoms with E-state index in [4.69, 9.17) is 16.3 Å². The van der Waals surface area contributed by atoms with Crippen LogP contribution in [0.3, 0.4) is 0 Å². The normalized spacial score (nSPS) is 20.5. The molecule has 1 heterocycles. The van der Waals surface area contributed by atoms with E-state index in [0.717, 1.165) is 12.5 Å². The van der Waals surface area contributed by atoms with Gasteiger partial charge in [-0.1, -0.05) is 25.4 Å². The van der Waals surface area contributed by atoms with E-state index < -0.39 is 23.2 Å². The highest BCUT2D eigenvalue weighted by Gasteiger charge is 2.27. The van der Waals surface area contributed by atoms with Crippen molar-refractivity contribution < 1.29 is 19.2 Å². The summed E-state index contributed by atoms with van der Waals surface area (Å²) in [5.74, 6) is -0.417. The van der Waals surface area contributed by atoms with E-state index >= 15 is 0 Å². The molecule has 1 aromatic carbocycles. The number of amides is 1. The number of nitrogens with zero attached hydrogens (tertiary/aromatic N) is 2. The lowest BCUT2D eigenvalue weighted by Crippen LogP contribution is -2.44. The number of piperidine rings is 1. The first kappa shape index (κ1) is 18.2. The minimum absolute atomic E-state index is 0.144. The van der Waals surface area contributed by atoms with E-state index in [1.807, 2.05) is 0 Å². The maximum Gasteiger partial charge on any atom is 0.345 e. The van der Waals surface area contributed by atoms with Crippen LogP contribution in [0.15, 0.2) is 18.2 Å². The number of nitro groups is 1. The molecule has 1 amide bonds. The Hall–Kier alpha value is -2.15. The third kappa shape index (κ3) is 4.44. The Morgan fingerprint density at radius 1 is 1.33 bits per heavy atom. The van der Waals surface area contributed by atoms with Crippen molar-refractivity contribution in [1.82, 2.24) is 4.90 Å². The monoisotopic (exact) mass is 354 g/mol. The van der Waals surface area contributed by atoms with Crippen LogP contribution in [0, 0.1) is 22.0 Å². The summed E-state index contributed by atoms with van der Waals surface area (Å²) in [5, 5.41) is 11.1. The molecule has 1 aliphatic rings. The number of carbonyl (C=O) groups excluding carboxylic acids is 2. The first-order chi connectivity index (χ1) is 11.3. The summed E-state index contributed by atoms with van der Waals surface area (Å²) >= 11 is 5.70. The highest BCUT2D eigenvalue weighted by atomic mass is 35.5. The van der Waals surface area contributed by atoms with Crippen LogP contribution in [-0.4, -0.2) is 41.4 Å². The van der Waals surface area contributed by atoms with Crippen molar-refractivity contribution in [3.05, 3.63) is 38.9 Å². The summed E-state index contributed by atoms with van der Waals surface area (Å²) in [4.78, 5) is 36.2. The fourth-order valence-electron chi connectivity index (χ4n) is 2.99. The molecular weight excluding hydrogens is 336 g/mol. The maximum absolute atomic E-state index is 12.2. The fraction of sp³-hybridized carbons (Fsp3) is 0.500. The summed E-state index contributed by atoms with van der Waals surface area (Å²) in [5.41, 5.74) is -0.669. The number of likely N-dealkylation sites (tertiary alicyclic amines) is 1. The van der Waals surface area contributed by atoms with Crippen LogP contribution < -0.4 is 0 Å². The number of esters is 1. The lowest BCUT2D eigenvalue weighted by Gasteiger charge is -2.34. The van der Waals surface area contributed by atoms with Gasteiger partial charge >= 0.3 is 5.97 Å². The van der Waals surface area contributed by atoms with Crippen LogP contribution in [0.4, 0.5) is 5.69 Å². The Morgan fingerprint density at radius 2 is 1.96 bits per heavy atom. The molecule has 1 aromatic rings. The van der Waals surface area contributed by atoms with Crippen LogP contribution in [0.2, 0.25) is 5.02 Å². The number of rotatable bonds is 4. The number of benzene rings is 1. The van der Waals surface area contributed by atoms with E-state index in [1.54, 1.807) is 4.90 Å². The van der Waals surface area contributed by atoms with Crippen molar-refractivity contribution >= 4 is 29.2 Å². The van der Waals surface area contributed by atoms with Crippen molar-refractivity contribution in [3.63, 3.8) is 0 Å². The minimum atomic E-state index is -0.912. The summed E-state index contributed by atoms with van der Waals surface area (Å²) in [7, 11) is 0. The zero-order valence-electron chi connectivity index (χ0n) is 13.5. The van der Waals surface area contributed by atoms with Gasteiger partial charge in [0.05, 0.1) is 4.92 Å². The molecule has 0 unspecified atom stereocenters. The molecule has 0 radical (unpaired) electrons. The largest absolute Gasteiger partial charge is 0.452 e. The number of ether oxygens (including phenoxy) is 1. The molecule has 0 N–H and O–H groups in total. The van der Waals surface area contributed by atoms with E-state index in [-0.39, 0.29) is 16.5 Å². The summed E-state index contributed by atoms with van der Waals surface area (Å²) in [6.07, 6.45) is 1.06. The Bertz CT molecular complexity index is 654. The van der Waals surface area contributed by atoms with Crippen LogP contribution in [0.25, 0.3) is 0 Å². The van der Waals surface area contributed by atoms with Crippen molar-refractivity contribution in [3.8, 4) is 0 Å². The number of carbonyl (C=O) groups is 2. The first-order valence-electron chi connectivity index (χ1n) is 7.66. The maximum atomic E-state index is 12.2. The van der Waals surface area contributed by atoms with E-state index in [1.165, 1.54) is 12.1 Å². The van der Waals surface area contributed by atoms with Gasteiger partial charge in [-0.25, -0.2) is 4.79 Å². The van der Waals surface area contributed by atoms with Gasteiger partial charge in [0.25, 0.3) is 11.6 Å².